The van der Waals surface area contributed by atoms with E-state index in [-0.39, 0.29) is 0 Å². The maximum absolute atomic E-state index is 4.21. The van der Waals surface area contributed by atoms with Crippen molar-refractivity contribution in [3.63, 3.8) is 0 Å². The zero-order valence-corrected chi connectivity index (χ0v) is 14.0. The predicted octanol–water partition coefficient (Wildman–Crippen LogP) is 3.28. The van der Waals surface area contributed by atoms with E-state index in [4.69, 9.17) is 0 Å². The topological polar surface area (TPSA) is 68.5 Å². The van der Waals surface area contributed by atoms with Gasteiger partial charge in [0.25, 0.3) is 0 Å². The van der Waals surface area contributed by atoms with Crippen molar-refractivity contribution in [3.8, 4) is 0 Å². The number of hydrogen-bond acceptors (Lipinski definition) is 7. The van der Waals surface area contributed by atoms with Gasteiger partial charge >= 0.3 is 0 Å². The molecule has 8 heteroatoms. The van der Waals surface area contributed by atoms with E-state index >= 15 is 0 Å². The third-order valence-electron chi connectivity index (χ3n) is 3.27. The lowest BCUT2D eigenvalue weighted by atomic mass is 10.1. The average Bonchev–Trinajstić information content (AvgIpc) is 3.16. The molecule has 2 aromatic heterocycles. The van der Waals surface area contributed by atoms with Crippen LogP contribution in [0.3, 0.4) is 0 Å². The lowest BCUT2D eigenvalue weighted by Gasteiger charge is -2.08. The molecule has 3 rings (SSSR count). The van der Waals surface area contributed by atoms with Crippen molar-refractivity contribution < 1.29 is 0 Å². The van der Waals surface area contributed by atoms with E-state index < -0.39 is 0 Å². The second kappa shape index (κ2) is 6.89. The Labute approximate surface area is 137 Å². The highest BCUT2D eigenvalue weighted by Gasteiger charge is 2.07. The van der Waals surface area contributed by atoms with Gasteiger partial charge in [0.1, 0.15) is 12.7 Å². The molecule has 0 aliphatic rings. The van der Waals surface area contributed by atoms with Crippen LogP contribution in [0.15, 0.2) is 35.2 Å². The van der Waals surface area contributed by atoms with Crippen molar-refractivity contribution in [2.75, 3.05) is 11.1 Å². The number of rotatable bonds is 6. The van der Waals surface area contributed by atoms with E-state index in [1.54, 1.807) is 35.8 Å². The molecule has 0 saturated carbocycles. The summed E-state index contributed by atoms with van der Waals surface area (Å²) >= 11 is 3.24. The molecule has 0 bridgehead atoms. The lowest BCUT2D eigenvalue weighted by Crippen LogP contribution is -2.00. The number of nitrogens with one attached hydrogen (secondary N) is 1. The first-order valence-electron chi connectivity index (χ1n) is 6.84. The molecule has 0 amide bonds. The highest BCUT2D eigenvalue weighted by Crippen LogP contribution is 2.29. The molecule has 0 aliphatic heterocycles. The first kappa shape index (κ1) is 15.0. The zero-order chi connectivity index (χ0) is 15.4. The molecule has 0 unspecified atom stereocenters. The van der Waals surface area contributed by atoms with Gasteiger partial charge in [-0.15, -0.1) is 10.2 Å². The average molecular weight is 332 g/mol. The van der Waals surface area contributed by atoms with Crippen molar-refractivity contribution in [1.29, 1.82) is 0 Å². The minimum Gasteiger partial charge on any atom is -0.330 e. The Morgan fingerprint density at radius 2 is 2.18 bits per heavy atom. The van der Waals surface area contributed by atoms with Gasteiger partial charge in [-0.2, -0.15) is 5.10 Å². The van der Waals surface area contributed by atoms with Crippen LogP contribution in [0.1, 0.15) is 11.1 Å². The maximum atomic E-state index is 4.21. The largest absolute Gasteiger partial charge is 0.330 e. The van der Waals surface area contributed by atoms with Crippen LogP contribution in [0.25, 0.3) is 0 Å². The summed E-state index contributed by atoms with van der Waals surface area (Å²) in [5.74, 6) is 0.890. The van der Waals surface area contributed by atoms with Crippen molar-refractivity contribution >= 4 is 33.9 Å². The molecule has 0 aliphatic carbocycles. The second-order valence-electron chi connectivity index (χ2n) is 4.75. The van der Waals surface area contributed by atoms with Crippen LogP contribution in [0.2, 0.25) is 0 Å². The number of benzene rings is 1. The van der Waals surface area contributed by atoms with E-state index in [2.05, 4.69) is 51.6 Å². The molecule has 1 N–H and O–H groups in total. The van der Waals surface area contributed by atoms with Crippen LogP contribution in [-0.4, -0.2) is 30.7 Å². The molecule has 0 radical (unpaired) electrons. The minimum absolute atomic E-state index is 0.810. The van der Waals surface area contributed by atoms with E-state index in [1.165, 1.54) is 11.1 Å². The molecule has 22 heavy (non-hydrogen) atoms. The van der Waals surface area contributed by atoms with Crippen LogP contribution >= 0.6 is 23.1 Å². The minimum atomic E-state index is 0.810. The van der Waals surface area contributed by atoms with E-state index in [1.807, 2.05) is 10.7 Å². The molecule has 3 aromatic rings. The van der Waals surface area contributed by atoms with Crippen molar-refractivity contribution in [3.05, 3.63) is 42.0 Å². The SMILES string of the molecule is Cc1cccc(Nc2nnc(SCCn3cncn3)s2)c1C. The van der Waals surface area contributed by atoms with Crippen LogP contribution in [-0.2, 0) is 6.54 Å². The standard InChI is InChI=1S/C14H16N6S2/c1-10-4-3-5-12(11(10)2)17-13-18-19-14(22-13)21-7-6-20-9-15-8-16-20/h3-5,8-9H,6-7H2,1-2H3,(H,17,18). The Morgan fingerprint density at radius 1 is 1.27 bits per heavy atom. The third-order valence-corrected chi connectivity index (χ3v) is 5.22. The molecule has 0 spiro atoms. The van der Waals surface area contributed by atoms with Crippen LogP contribution in [0.5, 0.6) is 0 Å². The maximum Gasteiger partial charge on any atom is 0.210 e. The first-order chi connectivity index (χ1) is 10.7. The quantitative estimate of drug-likeness (QED) is 0.699. The molecule has 1 aromatic carbocycles. The summed E-state index contributed by atoms with van der Waals surface area (Å²) in [7, 11) is 0. The zero-order valence-electron chi connectivity index (χ0n) is 12.4. The summed E-state index contributed by atoms with van der Waals surface area (Å²) in [6.07, 6.45) is 3.26. The molecular weight excluding hydrogens is 316 g/mol. The highest BCUT2D eigenvalue weighted by atomic mass is 32.2. The summed E-state index contributed by atoms with van der Waals surface area (Å²) in [5, 5.41) is 16.6. The fourth-order valence-electron chi connectivity index (χ4n) is 1.90. The van der Waals surface area contributed by atoms with Gasteiger partial charge in [0.2, 0.25) is 5.13 Å². The molecule has 2 heterocycles. The van der Waals surface area contributed by atoms with Crippen LogP contribution in [0.4, 0.5) is 10.8 Å². The summed E-state index contributed by atoms with van der Waals surface area (Å²) in [5.41, 5.74) is 3.57. The van der Waals surface area contributed by atoms with Gasteiger partial charge in [-0.1, -0.05) is 35.2 Å². The van der Waals surface area contributed by atoms with Crippen molar-refractivity contribution in [2.24, 2.45) is 0 Å². The highest BCUT2D eigenvalue weighted by molar-refractivity contribution is 8.01. The number of aryl methyl sites for hydroxylation is 2. The van der Waals surface area contributed by atoms with Gasteiger partial charge in [0.05, 0.1) is 6.54 Å². The van der Waals surface area contributed by atoms with E-state index in [9.17, 15) is 0 Å². The number of thioether (sulfide) groups is 1. The first-order valence-corrected chi connectivity index (χ1v) is 8.64. The van der Waals surface area contributed by atoms with Gasteiger partial charge < -0.3 is 5.32 Å². The fourth-order valence-corrected chi connectivity index (χ4v) is 3.66. The normalized spacial score (nSPS) is 10.8. The second-order valence-corrected chi connectivity index (χ2v) is 7.07. The number of hydrogen-bond donors (Lipinski definition) is 1. The lowest BCUT2D eigenvalue weighted by molar-refractivity contribution is 0.664. The van der Waals surface area contributed by atoms with E-state index in [0.29, 0.717) is 0 Å². The number of anilines is 2. The number of aromatic nitrogens is 5. The van der Waals surface area contributed by atoms with Crippen molar-refractivity contribution in [2.45, 2.75) is 24.7 Å². The molecule has 0 saturated heterocycles. The number of nitrogens with zero attached hydrogens (tertiary/aromatic N) is 5. The van der Waals surface area contributed by atoms with Gasteiger partial charge in [-0.25, -0.2) is 4.98 Å². The molecule has 0 fully saturated rings. The smallest absolute Gasteiger partial charge is 0.210 e. The van der Waals surface area contributed by atoms with Crippen LogP contribution < -0.4 is 5.32 Å². The van der Waals surface area contributed by atoms with Gasteiger partial charge in [0, 0.05) is 11.4 Å². The van der Waals surface area contributed by atoms with Gasteiger partial charge in [0.15, 0.2) is 4.34 Å². The molecule has 0 atom stereocenters. The summed E-state index contributed by atoms with van der Waals surface area (Å²) in [6.45, 7) is 5.02. The summed E-state index contributed by atoms with van der Waals surface area (Å²) in [4.78, 5) is 3.92. The monoisotopic (exact) mass is 332 g/mol. The Balaban J connectivity index is 1.58. The van der Waals surface area contributed by atoms with Gasteiger partial charge in [-0.05, 0) is 31.0 Å². The Bertz CT molecular complexity index is 738. The van der Waals surface area contributed by atoms with Crippen molar-refractivity contribution in [1.82, 2.24) is 25.0 Å². The Kier molecular flexibility index (Phi) is 4.69. The van der Waals surface area contributed by atoms with Gasteiger partial charge in [-0.3, -0.25) is 4.68 Å². The molecule has 6 nitrogen and oxygen atoms in total. The molecule has 114 valence electrons. The fraction of sp³-hybridized carbons (Fsp3) is 0.286. The van der Waals surface area contributed by atoms with Crippen LogP contribution in [0, 0.1) is 13.8 Å². The predicted molar refractivity (Wildman–Crippen MR) is 89.9 cm³/mol. The molecular formula is C14H16N6S2. The summed E-state index contributed by atoms with van der Waals surface area (Å²) in [6, 6.07) is 6.20. The Hall–Kier alpha value is -1.93. The summed E-state index contributed by atoms with van der Waals surface area (Å²) < 4.78 is 2.76. The third kappa shape index (κ3) is 3.63. The van der Waals surface area contributed by atoms with E-state index in [0.717, 1.165) is 27.5 Å². The Morgan fingerprint density at radius 3 is 3.00 bits per heavy atom.